The number of halogens is 2. The molecule has 4 aromatic rings. The molecule has 10 heteroatoms. The summed E-state index contributed by atoms with van der Waals surface area (Å²) >= 11 is 0. The Hall–Kier alpha value is -4.28. The summed E-state index contributed by atoms with van der Waals surface area (Å²) in [5.74, 6) is -1.40. The van der Waals surface area contributed by atoms with Crippen molar-refractivity contribution in [1.29, 1.82) is 0 Å². The maximum atomic E-state index is 13.7. The zero-order valence-electron chi connectivity index (χ0n) is 21.8. The molecule has 2 aromatic carbocycles. The quantitative estimate of drug-likeness (QED) is 0.353. The molecular weight excluding hydrogens is 500 g/mol. The van der Waals surface area contributed by atoms with Crippen molar-refractivity contribution in [2.75, 3.05) is 43.9 Å². The van der Waals surface area contributed by atoms with Gasteiger partial charge in [-0.25, -0.2) is 18.7 Å². The van der Waals surface area contributed by atoms with Gasteiger partial charge in [0.15, 0.2) is 0 Å². The molecule has 0 unspecified atom stereocenters. The Kier molecular flexibility index (Phi) is 7.85. The standard InChI is InChI=1S/C29H29F2N7O/c1-19-27(36-29-32-8-7-26(35-29)22-13-23(30)15-24(31)14-22)16-25(17-33-19)34-28(39)21-5-3-20(4-6-21)18-38-11-9-37(2)10-12-38/h3-8,13-17H,9-12,18H2,1-2H3,(H,34,39)(H,32,35,36). The van der Waals surface area contributed by atoms with Crippen molar-refractivity contribution in [3.8, 4) is 11.3 Å². The summed E-state index contributed by atoms with van der Waals surface area (Å²) in [5.41, 5.74) is 4.11. The third kappa shape index (κ3) is 6.78. The highest BCUT2D eigenvalue weighted by Crippen LogP contribution is 2.24. The fourth-order valence-electron chi connectivity index (χ4n) is 4.36. The van der Waals surface area contributed by atoms with Crippen LogP contribution in [0.3, 0.4) is 0 Å². The highest BCUT2D eigenvalue weighted by molar-refractivity contribution is 6.04. The Morgan fingerprint density at radius 2 is 1.67 bits per heavy atom. The number of piperazine rings is 1. The molecule has 0 radical (unpaired) electrons. The van der Waals surface area contributed by atoms with Crippen molar-refractivity contribution in [3.63, 3.8) is 0 Å². The first kappa shape index (κ1) is 26.3. The minimum absolute atomic E-state index is 0.224. The van der Waals surface area contributed by atoms with E-state index >= 15 is 0 Å². The van der Waals surface area contributed by atoms with E-state index in [0.717, 1.165) is 38.8 Å². The molecule has 0 atom stereocenters. The highest BCUT2D eigenvalue weighted by atomic mass is 19.1. The van der Waals surface area contributed by atoms with Crippen molar-refractivity contribution < 1.29 is 13.6 Å². The monoisotopic (exact) mass is 529 g/mol. The summed E-state index contributed by atoms with van der Waals surface area (Å²) in [5, 5.41) is 5.97. The molecule has 1 fully saturated rings. The number of nitrogens with one attached hydrogen (secondary N) is 2. The van der Waals surface area contributed by atoms with Crippen LogP contribution in [0, 0.1) is 18.6 Å². The second-order valence-electron chi connectivity index (χ2n) is 9.64. The van der Waals surface area contributed by atoms with Crippen molar-refractivity contribution in [1.82, 2.24) is 24.8 Å². The van der Waals surface area contributed by atoms with Gasteiger partial charge < -0.3 is 15.5 Å². The summed E-state index contributed by atoms with van der Waals surface area (Å²) in [7, 11) is 2.14. The average Bonchev–Trinajstić information content (AvgIpc) is 2.92. The number of carbonyl (C=O) groups is 1. The third-order valence-corrected chi connectivity index (χ3v) is 6.62. The predicted octanol–water partition coefficient (Wildman–Crippen LogP) is 4.87. The molecular formula is C29H29F2N7O. The van der Waals surface area contributed by atoms with Crippen molar-refractivity contribution in [2.45, 2.75) is 13.5 Å². The fraction of sp³-hybridized carbons (Fsp3) is 0.241. The SMILES string of the molecule is Cc1ncc(NC(=O)c2ccc(CN3CCN(C)CC3)cc2)cc1Nc1nccc(-c2cc(F)cc(F)c2)n1. The number of amides is 1. The number of rotatable bonds is 7. The lowest BCUT2D eigenvalue weighted by atomic mass is 10.1. The van der Waals surface area contributed by atoms with E-state index in [2.05, 4.69) is 42.4 Å². The van der Waals surface area contributed by atoms with E-state index in [0.29, 0.717) is 33.9 Å². The molecule has 1 amide bonds. The highest BCUT2D eigenvalue weighted by Gasteiger charge is 2.15. The minimum atomic E-state index is -0.689. The Labute approximate surface area is 225 Å². The molecule has 0 spiro atoms. The molecule has 1 aliphatic heterocycles. The van der Waals surface area contributed by atoms with Gasteiger partial charge in [-0.1, -0.05) is 12.1 Å². The summed E-state index contributed by atoms with van der Waals surface area (Å²) in [6, 6.07) is 14.2. The maximum absolute atomic E-state index is 13.7. The predicted molar refractivity (Wildman–Crippen MR) is 147 cm³/mol. The first-order chi connectivity index (χ1) is 18.8. The summed E-state index contributed by atoms with van der Waals surface area (Å²) in [4.78, 5) is 30.6. The number of carbonyl (C=O) groups excluding carboxylic acids is 1. The van der Waals surface area contributed by atoms with Gasteiger partial charge in [-0.15, -0.1) is 0 Å². The van der Waals surface area contributed by atoms with Crippen LogP contribution in [0.25, 0.3) is 11.3 Å². The molecule has 39 heavy (non-hydrogen) atoms. The molecule has 0 aliphatic carbocycles. The number of likely N-dealkylation sites (N-methyl/N-ethyl adjacent to an activating group) is 1. The zero-order chi connectivity index (χ0) is 27.4. The second kappa shape index (κ2) is 11.6. The van der Waals surface area contributed by atoms with Gasteiger partial charge in [-0.2, -0.15) is 0 Å². The fourth-order valence-corrected chi connectivity index (χ4v) is 4.36. The molecule has 5 rings (SSSR count). The Morgan fingerprint density at radius 1 is 0.949 bits per heavy atom. The van der Waals surface area contributed by atoms with E-state index in [-0.39, 0.29) is 11.9 Å². The molecule has 8 nitrogen and oxygen atoms in total. The van der Waals surface area contributed by atoms with Gasteiger partial charge in [0, 0.05) is 56.1 Å². The Balaban J connectivity index is 1.25. The molecule has 0 bridgehead atoms. The van der Waals surface area contributed by atoms with E-state index in [1.807, 2.05) is 24.3 Å². The van der Waals surface area contributed by atoms with Crippen LogP contribution in [0.4, 0.5) is 26.1 Å². The first-order valence-electron chi connectivity index (χ1n) is 12.7. The Morgan fingerprint density at radius 3 is 2.38 bits per heavy atom. The molecule has 200 valence electrons. The zero-order valence-corrected chi connectivity index (χ0v) is 21.8. The van der Waals surface area contributed by atoms with E-state index in [9.17, 15) is 13.6 Å². The number of nitrogens with zero attached hydrogens (tertiary/aromatic N) is 5. The van der Waals surface area contributed by atoms with E-state index in [1.165, 1.54) is 23.9 Å². The average molecular weight is 530 g/mol. The van der Waals surface area contributed by atoms with Gasteiger partial charge in [-0.05, 0) is 55.9 Å². The van der Waals surface area contributed by atoms with Crippen LogP contribution in [0.15, 0.2) is 67.0 Å². The van der Waals surface area contributed by atoms with Crippen LogP contribution in [0.2, 0.25) is 0 Å². The van der Waals surface area contributed by atoms with Gasteiger partial charge >= 0.3 is 0 Å². The topological polar surface area (TPSA) is 86.3 Å². The lowest BCUT2D eigenvalue weighted by Gasteiger charge is -2.32. The number of pyridine rings is 1. The van der Waals surface area contributed by atoms with Crippen LogP contribution in [-0.4, -0.2) is 63.9 Å². The van der Waals surface area contributed by atoms with Crippen LogP contribution in [0.5, 0.6) is 0 Å². The molecule has 3 heterocycles. The van der Waals surface area contributed by atoms with Crippen molar-refractivity contribution >= 4 is 23.2 Å². The molecule has 1 saturated heterocycles. The van der Waals surface area contributed by atoms with Gasteiger partial charge in [-0.3, -0.25) is 14.7 Å². The summed E-state index contributed by atoms with van der Waals surface area (Å²) in [6.07, 6.45) is 3.07. The van der Waals surface area contributed by atoms with Gasteiger partial charge in [0.1, 0.15) is 11.6 Å². The molecule has 0 saturated carbocycles. The van der Waals surface area contributed by atoms with Crippen LogP contribution < -0.4 is 10.6 Å². The Bertz CT molecular complexity index is 1450. The van der Waals surface area contributed by atoms with Crippen LogP contribution in [-0.2, 0) is 6.54 Å². The van der Waals surface area contributed by atoms with E-state index < -0.39 is 11.6 Å². The van der Waals surface area contributed by atoms with Crippen molar-refractivity contribution in [2.24, 2.45) is 0 Å². The smallest absolute Gasteiger partial charge is 0.255 e. The maximum Gasteiger partial charge on any atom is 0.255 e. The number of hydrogen-bond donors (Lipinski definition) is 2. The number of aromatic nitrogens is 3. The molecule has 1 aliphatic rings. The third-order valence-electron chi connectivity index (χ3n) is 6.62. The van der Waals surface area contributed by atoms with Gasteiger partial charge in [0.05, 0.1) is 29.0 Å². The normalized spacial score (nSPS) is 14.3. The van der Waals surface area contributed by atoms with Crippen LogP contribution >= 0.6 is 0 Å². The van der Waals surface area contributed by atoms with E-state index in [4.69, 9.17) is 0 Å². The number of hydrogen-bond acceptors (Lipinski definition) is 7. The minimum Gasteiger partial charge on any atom is -0.322 e. The largest absolute Gasteiger partial charge is 0.322 e. The van der Waals surface area contributed by atoms with Gasteiger partial charge in [0.2, 0.25) is 5.95 Å². The lowest BCUT2D eigenvalue weighted by Crippen LogP contribution is -2.43. The van der Waals surface area contributed by atoms with E-state index in [1.54, 1.807) is 25.3 Å². The summed E-state index contributed by atoms with van der Waals surface area (Å²) < 4.78 is 27.3. The lowest BCUT2D eigenvalue weighted by molar-refractivity contribution is 0.102. The second-order valence-corrected chi connectivity index (χ2v) is 9.64. The van der Waals surface area contributed by atoms with Gasteiger partial charge in [0.25, 0.3) is 5.91 Å². The number of anilines is 3. The molecule has 2 N–H and O–H groups in total. The molecule has 2 aromatic heterocycles. The number of aryl methyl sites for hydroxylation is 1. The van der Waals surface area contributed by atoms with Crippen LogP contribution in [0.1, 0.15) is 21.6 Å². The van der Waals surface area contributed by atoms with Crippen molar-refractivity contribution in [3.05, 3.63) is 95.4 Å². The summed E-state index contributed by atoms with van der Waals surface area (Å²) in [6.45, 7) is 6.87. The number of benzene rings is 2. The first-order valence-corrected chi connectivity index (χ1v) is 12.7.